The molecule has 2 aliphatic rings. The van der Waals surface area contributed by atoms with Crippen LogP contribution >= 0.6 is 0 Å². The van der Waals surface area contributed by atoms with Crippen LogP contribution in [0.15, 0.2) is 0 Å². The van der Waals surface area contributed by atoms with Gasteiger partial charge in [0.05, 0.1) is 10.5 Å². The van der Waals surface area contributed by atoms with Crippen molar-refractivity contribution in [2.24, 2.45) is 23.0 Å². The predicted molar refractivity (Wildman–Crippen MR) is 61.2 cm³/mol. The minimum atomic E-state index is -2.91. The maximum absolute atomic E-state index is 11.9. The molecular formula is C11H21NO2S. The Bertz CT molecular complexity index is 383. The molecule has 1 saturated heterocycles. The Morgan fingerprint density at radius 3 is 1.93 bits per heavy atom. The van der Waals surface area contributed by atoms with Crippen molar-refractivity contribution in [3.8, 4) is 0 Å². The molecule has 1 aliphatic heterocycles. The fourth-order valence-corrected chi connectivity index (χ4v) is 5.04. The van der Waals surface area contributed by atoms with Crippen molar-refractivity contribution in [3.05, 3.63) is 0 Å². The highest BCUT2D eigenvalue weighted by atomic mass is 32.2. The third-order valence-electron chi connectivity index (χ3n) is 4.82. The highest BCUT2D eigenvalue weighted by Crippen LogP contribution is 2.60. The van der Waals surface area contributed by atoms with Gasteiger partial charge in [0.1, 0.15) is 0 Å². The Kier molecular flexibility index (Phi) is 2.11. The van der Waals surface area contributed by atoms with Gasteiger partial charge in [-0.3, -0.25) is 0 Å². The van der Waals surface area contributed by atoms with Crippen LogP contribution in [0.3, 0.4) is 0 Å². The molecule has 0 radical (unpaired) electrons. The second-order valence-electron chi connectivity index (χ2n) is 6.19. The smallest absolute Gasteiger partial charge is 0.155 e. The summed E-state index contributed by atoms with van der Waals surface area (Å²) in [5.41, 5.74) is 6.17. The van der Waals surface area contributed by atoms with E-state index < -0.39 is 14.6 Å². The molecule has 0 aromatic rings. The van der Waals surface area contributed by atoms with Crippen molar-refractivity contribution >= 4 is 9.84 Å². The maximum atomic E-state index is 11.9. The maximum Gasteiger partial charge on any atom is 0.155 e. The van der Waals surface area contributed by atoms with Crippen LogP contribution in [0.2, 0.25) is 0 Å². The first-order valence-corrected chi connectivity index (χ1v) is 7.25. The summed E-state index contributed by atoms with van der Waals surface area (Å²) in [6.45, 7) is 8.01. The van der Waals surface area contributed by atoms with E-state index in [4.69, 9.17) is 5.73 Å². The first-order chi connectivity index (χ1) is 6.62. The van der Waals surface area contributed by atoms with Gasteiger partial charge in [-0.05, 0) is 37.5 Å². The Hall–Kier alpha value is -0.0900. The molecule has 3 atom stereocenters. The molecule has 1 heterocycles. The number of nitrogens with two attached hydrogens (primary N) is 1. The van der Waals surface area contributed by atoms with E-state index >= 15 is 0 Å². The van der Waals surface area contributed by atoms with Gasteiger partial charge < -0.3 is 5.73 Å². The van der Waals surface area contributed by atoms with Crippen molar-refractivity contribution < 1.29 is 8.42 Å². The van der Waals surface area contributed by atoms with Crippen molar-refractivity contribution in [1.29, 1.82) is 0 Å². The van der Waals surface area contributed by atoms with Crippen LogP contribution < -0.4 is 5.73 Å². The zero-order chi connectivity index (χ0) is 11.6. The summed E-state index contributed by atoms with van der Waals surface area (Å²) in [5.74, 6) is 0.960. The molecule has 2 fully saturated rings. The van der Waals surface area contributed by atoms with Gasteiger partial charge in [0, 0.05) is 6.04 Å². The van der Waals surface area contributed by atoms with Gasteiger partial charge in [-0.1, -0.05) is 13.8 Å². The fraction of sp³-hybridized carbons (Fsp3) is 1.00. The highest BCUT2D eigenvalue weighted by molar-refractivity contribution is 7.93. The Morgan fingerprint density at radius 1 is 1.20 bits per heavy atom. The monoisotopic (exact) mass is 231 g/mol. The fourth-order valence-electron chi connectivity index (χ4n) is 3.22. The molecule has 0 spiro atoms. The molecule has 0 bridgehead atoms. The SMILES string of the molecule is CC1(C)C(N)C1C1CCS(=O)(=O)C1(C)C. The molecule has 2 rings (SSSR count). The summed E-state index contributed by atoms with van der Waals surface area (Å²) in [7, 11) is -2.91. The van der Waals surface area contributed by atoms with Crippen LogP contribution in [0, 0.1) is 17.3 Å². The summed E-state index contributed by atoms with van der Waals surface area (Å²) in [6.07, 6.45) is 0.789. The van der Waals surface area contributed by atoms with Crippen LogP contribution in [-0.2, 0) is 9.84 Å². The Labute approximate surface area is 92.3 Å². The lowest BCUT2D eigenvalue weighted by molar-refractivity contribution is 0.330. The second-order valence-corrected chi connectivity index (χ2v) is 8.88. The lowest BCUT2D eigenvalue weighted by Crippen LogP contribution is -2.35. The van der Waals surface area contributed by atoms with Crippen molar-refractivity contribution in [3.63, 3.8) is 0 Å². The van der Waals surface area contributed by atoms with Gasteiger partial charge in [0.2, 0.25) is 0 Å². The summed E-state index contributed by atoms with van der Waals surface area (Å²) in [4.78, 5) is 0. The van der Waals surface area contributed by atoms with Crippen LogP contribution in [0.1, 0.15) is 34.1 Å². The summed E-state index contributed by atoms with van der Waals surface area (Å²) in [5, 5.41) is 0. The molecule has 0 amide bonds. The third kappa shape index (κ3) is 1.30. The average molecular weight is 231 g/mol. The molecule has 1 saturated carbocycles. The number of hydrogen-bond donors (Lipinski definition) is 1. The van der Waals surface area contributed by atoms with Gasteiger partial charge in [0.15, 0.2) is 9.84 Å². The number of rotatable bonds is 1. The van der Waals surface area contributed by atoms with Gasteiger partial charge >= 0.3 is 0 Å². The first kappa shape index (κ1) is 11.4. The minimum Gasteiger partial charge on any atom is -0.327 e. The largest absolute Gasteiger partial charge is 0.327 e. The van der Waals surface area contributed by atoms with E-state index in [0.717, 1.165) is 6.42 Å². The van der Waals surface area contributed by atoms with Gasteiger partial charge in [-0.25, -0.2) is 8.42 Å². The van der Waals surface area contributed by atoms with Crippen LogP contribution in [0.4, 0.5) is 0 Å². The molecule has 0 aromatic carbocycles. The van der Waals surface area contributed by atoms with E-state index in [9.17, 15) is 8.42 Å². The zero-order valence-electron chi connectivity index (χ0n) is 9.95. The number of sulfone groups is 1. The summed E-state index contributed by atoms with van der Waals surface area (Å²) < 4.78 is 23.2. The first-order valence-electron chi connectivity index (χ1n) is 5.60. The predicted octanol–water partition coefficient (Wildman–Crippen LogP) is 1.18. The molecular weight excluding hydrogens is 210 g/mol. The van der Waals surface area contributed by atoms with E-state index in [1.807, 2.05) is 13.8 Å². The van der Waals surface area contributed by atoms with E-state index in [2.05, 4.69) is 13.8 Å². The van der Waals surface area contributed by atoms with E-state index in [-0.39, 0.29) is 17.4 Å². The van der Waals surface area contributed by atoms with E-state index in [1.165, 1.54) is 0 Å². The Balaban J connectivity index is 2.29. The average Bonchev–Trinajstić information content (AvgIpc) is 2.44. The lowest BCUT2D eigenvalue weighted by atomic mass is 9.85. The van der Waals surface area contributed by atoms with Crippen LogP contribution in [0.5, 0.6) is 0 Å². The van der Waals surface area contributed by atoms with Crippen molar-refractivity contribution in [2.45, 2.75) is 44.9 Å². The van der Waals surface area contributed by atoms with Gasteiger partial charge in [-0.15, -0.1) is 0 Å². The van der Waals surface area contributed by atoms with E-state index in [1.54, 1.807) is 0 Å². The van der Waals surface area contributed by atoms with Gasteiger partial charge in [-0.2, -0.15) is 0 Å². The number of hydrogen-bond acceptors (Lipinski definition) is 3. The minimum absolute atomic E-state index is 0.127. The van der Waals surface area contributed by atoms with Crippen molar-refractivity contribution in [1.82, 2.24) is 0 Å². The standard InChI is InChI=1S/C11H21NO2S/c1-10(2)8(9(10)12)7-5-6-15(13,14)11(7,3)4/h7-9H,5-6,12H2,1-4H3. The quantitative estimate of drug-likeness (QED) is 0.737. The molecule has 3 unspecified atom stereocenters. The highest BCUT2D eigenvalue weighted by Gasteiger charge is 2.65. The third-order valence-corrected chi connectivity index (χ3v) is 7.50. The molecule has 0 aromatic heterocycles. The molecule has 15 heavy (non-hydrogen) atoms. The zero-order valence-corrected chi connectivity index (χ0v) is 10.8. The summed E-state index contributed by atoms with van der Waals surface area (Å²) in [6, 6.07) is 0.176. The normalized spacial score (nSPS) is 45.3. The molecule has 4 heteroatoms. The Morgan fingerprint density at radius 2 is 1.67 bits per heavy atom. The van der Waals surface area contributed by atoms with Crippen LogP contribution in [0.25, 0.3) is 0 Å². The molecule has 3 nitrogen and oxygen atoms in total. The summed E-state index contributed by atoms with van der Waals surface area (Å²) >= 11 is 0. The lowest BCUT2D eigenvalue weighted by Gasteiger charge is -2.26. The molecule has 2 N–H and O–H groups in total. The van der Waals surface area contributed by atoms with Crippen LogP contribution in [-0.4, -0.2) is 25.0 Å². The second kappa shape index (κ2) is 2.77. The molecule has 88 valence electrons. The topological polar surface area (TPSA) is 60.2 Å². The van der Waals surface area contributed by atoms with E-state index in [0.29, 0.717) is 11.7 Å². The van der Waals surface area contributed by atoms with Crippen molar-refractivity contribution in [2.75, 3.05) is 5.75 Å². The van der Waals surface area contributed by atoms with Gasteiger partial charge in [0.25, 0.3) is 0 Å². The molecule has 1 aliphatic carbocycles.